The van der Waals surface area contributed by atoms with Gasteiger partial charge in [-0.2, -0.15) is 4.31 Å². The number of benzene rings is 2. The van der Waals surface area contributed by atoms with E-state index >= 15 is 0 Å². The first-order valence-corrected chi connectivity index (χ1v) is 15.2. The highest BCUT2D eigenvalue weighted by Crippen LogP contribution is 2.53. The zero-order valence-electron chi connectivity index (χ0n) is 22.6. The normalized spacial score (nSPS) is 26.4. The number of morpholine rings is 1. The number of sulfonamides is 1. The highest BCUT2D eigenvalue weighted by atomic mass is 32.2. The lowest BCUT2D eigenvalue weighted by Gasteiger charge is -2.35. The lowest BCUT2D eigenvalue weighted by Crippen LogP contribution is -2.53. The number of likely N-dealkylation sites (tertiary alicyclic amines) is 1. The molecule has 2 atom stereocenters. The molecule has 3 saturated heterocycles. The maximum atomic E-state index is 14.3. The Labute approximate surface area is 238 Å². The molecule has 4 heterocycles. The lowest BCUT2D eigenvalue weighted by atomic mass is 9.81. The van der Waals surface area contributed by atoms with Gasteiger partial charge in [-0.05, 0) is 50.1 Å². The molecule has 216 valence electrons. The van der Waals surface area contributed by atoms with Gasteiger partial charge in [-0.1, -0.05) is 18.2 Å². The summed E-state index contributed by atoms with van der Waals surface area (Å²) in [5, 5.41) is 11.7. The fraction of sp³-hybridized carbons (Fsp3) is 0.414. The summed E-state index contributed by atoms with van der Waals surface area (Å²) in [7, 11) is -3.80. The maximum absolute atomic E-state index is 14.3. The van der Waals surface area contributed by atoms with Crippen molar-refractivity contribution in [1.29, 1.82) is 0 Å². The number of Topliss-reactive ketones (excluding diaryl/α,β-unsaturated/α-hetero) is 1. The molecular formula is C29H31N3O8S. The fourth-order valence-electron chi connectivity index (χ4n) is 6.29. The molecule has 2 aromatic carbocycles. The van der Waals surface area contributed by atoms with Crippen LogP contribution in [0.25, 0.3) is 5.76 Å². The zero-order valence-corrected chi connectivity index (χ0v) is 23.4. The smallest absolute Gasteiger partial charge is 0.296 e. The number of fused-ring (bicyclic) bond motifs is 2. The standard InChI is InChI=1S/C29H31N3O8S/c1-2-31-23-8-4-3-7-22(23)29(28(31)36)24(26(34)27(35)32(29)18-20-6-5-15-40-20)25(33)19-9-11-21(12-10-19)41(37,38)30-13-16-39-17-14-30/h3-4,7-12,20,33H,2,5-6,13-18H2,1H3/b25-24+. The summed E-state index contributed by atoms with van der Waals surface area (Å²) in [5.41, 5.74) is -1.12. The number of para-hydroxylation sites is 1. The van der Waals surface area contributed by atoms with Crippen molar-refractivity contribution >= 4 is 39.1 Å². The van der Waals surface area contributed by atoms with Gasteiger partial charge in [-0.15, -0.1) is 0 Å². The van der Waals surface area contributed by atoms with Gasteiger partial charge in [-0.3, -0.25) is 14.4 Å². The van der Waals surface area contributed by atoms with E-state index in [0.717, 1.165) is 6.42 Å². The van der Waals surface area contributed by atoms with Gasteiger partial charge in [0.1, 0.15) is 5.76 Å². The number of likely N-dealkylation sites (N-methyl/N-ethyl adjacent to an activating group) is 1. The summed E-state index contributed by atoms with van der Waals surface area (Å²) >= 11 is 0. The fourth-order valence-corrected chi connectivity index (χ4v) is 7.70. The highest BCUT2D eigenvalue weighted by Gasteiger charge is 2.67. The average molecular weight is 582 g/mol. The molecule has 11 nitrogen and oxygen atoms in total. The Bertz CT molecular complexity index is 1540. The third-order valence-corrected chi connectivity index (χ3v) is 10.2. The molecule has 12 heteroatoms. The largest absolute Gasteiger partial charge is 0.507 e. The van der Waals surface area contributed by atoms with Crippen molar-refractivity contribution in [3.05, 3.63) is 65.2 Å². The number of aliphatic hydroxyl groups excluding tert-OH is 1. The van der Waals surface area contributed by atoms with Crippen LogP contribution in [0.1, 0.15) is 30.9 Å². The van der Waals surface area contributed by atoms with E-state index in [2.05, 4.69) is 0 Å². The topological polar surface area (TPSA) is 134 Å². The molecule has 2 unspecified atom stereocenters. The van der Waals surface area contributed by atoms with Gasteiger partial charge >= 0.3 is 0 Å². The minimum Gasteiger partial charge on any atom is -0.507 e. The van der Waals surface area contributed by atoms with Gasteiger partial charge in [0.25, 0.3) is 17.6 Å². The van der Waals surface area contributed by atoms with Crippen LogP contribution < -0.4 is 4.90 Å². The second kappa shape index (κ2) is 10.4. The summed E-state index contributed by atoms with van der Waals surface area (Å²) in [4.78, 5) is 44.4. The summed E-state index contributed by atoms with van der Waals surface area (Å²) in [6.07, 6.45) is 1.11. The van der Waals surface area contributed by atoms with Crippen LogP contribution >= 0.6 is 0 Å². The van der Waals surface area contributed by atoms with Crippen molar-refractivity contribution in [1.82, 2.24) is 9.21 Å². The lowest BCUT2D eigenvalue weighted by molar-refractivity contribution is -0.145. The van der Waals surface area contributed by atoms with Gasteiger partial charge in [0, 0.05) is 43.9 Å². The first-order valence-electron chi connectivity index (χ1n) is 13.7. The van der Waals surface area contributed by atoms with E-state index in [9.17, 15) is 27.9 Å². The Morgan fingerprint density at radius 3 is 2.39 bits per heavy atom. The van der Waals surface area contributed by atoms with Crippen molar-refractivity contribution in [2.75, 3.05) is 50.9 Å². The van der Waals surface area contributed by atoms with Crippen LogP contribution in [0, 0.1) is 0 Å². The van der Waals surface area contributed by atoms with Crippen molar-refractivity contribution < 1.29 is 37.4 Å². The minimum atomic E-state index is -3.80. The number of carbonyl (C=O) groups is 3. The Kier molecular flexibility index (Phi) is 6.97. The molecule has 1 spiro atoms. The van der Waals surface area contributed by atoms with Crippen LogP contribution in [-0.4, -0.2) is 92.4 Å². The molecule has 0 saturated carbocycles. The molecule has 4 aliphatic heterocycles. The third kappa shape index (κ3) is 4.11. The van der Waals surface area contributed by atoms with Crippen LogP contribution in [0.3, 0.4) is 0 Å². The van der Waals surface area contributed by atoms with Crippen LogP contribution in [0.15, 0.2) is 59.0 Å². The maximum Gasteiger partial charge on any atom is 0.296 e. The second-order valence-electron chi connectivity index (χ2n) is 10.4. The third-order valence-electron chi connectivity index (χ3n) is 8.27. The number of hydrogen-bond donors (Lipinski definition) is 1. The zero-order chi connectivity index (χ0) is 28.9. The number of nitrogens with zero attached hydrogens (tertiary/aromatic N) is 3. The summed E-state index contributed by atoms with van der Waals surface area (Å²) < 4.78 is 38.6. The van der Waals surface area contributed by atoms with Crippen LogP contribution in [0.2, 0.25) is 0 Å². The molecule has 6 rings (SSSR count). The molecule has 3 fully saturated rings. The number of hydrogen-bond acceptors (Lipinski definition) is 8. The monoisotopic (exact) mass is 581 g/mol. The van der Waals surface area contributed by atoms with E-state index < -0.39 is 38.9 Å². The van der Waals surface area contributed by atoms with Crippen LogP contribution in [0.4, 0.5) is 5.69 Å². The van der Waals surface area contributed by atoms with E-state index in [0.29, 0.717) is 37.5 Å². The molecule has 1 N–H and O–H groups in total. The van der Waals surface area contributed by atoms with Crippen molar-refractivity contribution in [2.24, 2.45) is 0 Å². The number of aliphatic hydroxyl groups is 1. The molecule has 0 aromatic heterocycles. The summed E-state index contributed by atoms with van der Waals surface area (Å²) in [5.74, 6) is -2.93. The molecule has 2 aromatic rings. The predicted octanol–water partition coefficient (Wildman–Crippen LogP) is 1.83. The molecule has 0 bridgehead atoms. The van der Waals surface area contributed by atoms with E-state index in [1.54, 1.807) is 31.2 Å². The Hall–Kier alpha value is -3.58. The molecule has 2 amide bonds. The van der Waals surface area contributed by atoms with E-state index in [4.69, 9.17) is 9.47 Å². The first-order chi connectivity index (χ1) is 19.7. The Morgan fingerprint density at radius 1 is 1.02 bits per heavy atom. The van der Waals surface area contributed by atoms with Crippen molar-refractivity contribution in [3.8, 4) is 0 Å². The highest BCUT2D eigenvalue weighted by molar-refractivity contribution is 7.89. The van der Waals surface area contributed by atoms with E-state index in [-0.39, 0.29) is 48.3 Å². The number of anilines is 1. The van der Waals surface area contributed by atoms with Gasteiger partial charge in [0.2, 0.25) is 10.0 Å². The second-order valence-corrected chi connectivity index (χ2v) is 12.4. The average Bonchev–Trinajstić information content (AvgIpc) is 3.66. The van der Waals surface area contributed by atoms with Crippen molar-refractivity contribution in [2.45, 2.75) is 36.3 Å². The number of ether oxygens (including phenoxy) is 2. The molecular weight excluding hydrogens is 550 g/mol. The summed E-state index contributed by atoms with van der Waals surface area (Å²) in [6, 6.07) is 12.4. The molecule has 41 heavy (non-hydrogen) atoms. The SMILES string of the molecule is CCN1C(=O)C2(/C(=C(/O)c3ccc(S(=O)(=O)N4CCOCC4)cc3)C(=O)C(=O)N2CC2CCCO2)c2ccccc21. The van der Waals surface area contributed by atoms with E-state index in [1.807, 2.05) is 0 Å². The Balaban J connectivity index is 1.49. The number of carbonyl (C=O) groups excluding carboxylic acids is 3. The van der Waals surface area contributed by atoms with Crippen LogP contribution in [-0.2, 0) is 39.4 Å². The number of rotatable bonds is 6. The van der Waals surface area contributed by atoms with Crippen LogP contribution in [0.5, 0.6) is 0 Å². The predicted molar refractivity (Wildman–Crippen MR) is 147 cm³/mol. The number of amides is 2. The van der Waals surface area contributed by atoms with Gasteiger partial charge in [0.15, 0.2) is 5.54 Å². The van der Waals surface area contributed by atoms with Gasteiger partial charge in [0.05, 0.1) is 35.5 Å². The van der Waals surface area contributed by atoms with Gasteiger partial charge < -0.3 is 24.4 Å². The number of ketones is 1. The molecule has 0 radical (unpaired) electrons. The van der Waals surface area contributed by atoms with Gasteiger partial charge in [-0.25, -0.2) is 8.42 Å². The molecule has 4 aliphatic rings. The summed E-state index contributed by atoms with van der Waals surface area (Å²) in [6.45, 7) is 3.68. The quantitative estimate of drug-likeness (QED) is 0.310. The molecule has 0 aliphatic carbocycles. The first kappa shape index (κ1) is 27.6. The Morgan fingerprint density at radius 2 is 1.73 bits per heavy atom. The minimum absolute atomic E-state index is 0.00964. The van der Waals surface area contributed by atoms with Crippen molar-refractivity contribution in [3.63, 3.8) is 0 Å². The van der Waals surface area contributed by atoms with E-state index in [1.165, 1.54) is 38.4 Å².